The van der Waals surface area contributed by atoms with Gasteiger partial charge in [-0.05, 0) is 43.2 Å². The molecule has 0 bridgehead atoms. The highest BCUT2D eigenvalue weighted by atomic mass is 32.2. The number of thioether (sulfide) groups is 1. The second-order valence-corrected chi connectivity index (χ2v) is 4.11. The van der Waals surface area contributed by atoms with Crippen molar-refractivity contribution in [2.24, 2.45) is 0 Å². The maximum absolute atomic E-state index is 8.67. The molecule has 0 amide bonds. The first-order chi connectivity index (χ1) is 6.77. The molecule has 0 spiro atoms. The molecule has 0 aliphatic rings. The van der Waals surface area contributed by atoms with Gasteiger partial charge < -0.3 is 10.8 Å². The minimum absolute atomic E-state index is 0.282. The highest BCUT2D eigenvalue weighted by molar-refractivity contribution is 7.98. The lowest BCUT2D eigenvalue weighted by molar-refractivity contribution is 0.284. The minimum atomic E-state index is 0.282. The lowest BCUT2D eigenvalue weighted by atomic mass is 10.1. The van der Waals surface area contributed by atoms with Gasteiger partial charge in [0.25, 0.3) is 0 Å². The highest BCUT2D eigenvalue weighted by Crippen LogP contribution is 2.24. The van der Waals surface area contributed by atoms with Crippen LogP contribution in [0.15, 0.2) is 23.1 Å². The van der Waals surface area contributed by atoms with Crippen LogP contribution in [0.25, 0.3) is 0 Å². The van der Waals surface area contributed by atoms with Gasteiger partial charge in [-0.15, -0.1) is 11.8 Å². The molecule has 0 aliphatic carbocycles. The van der Waals surface area contributed by atoms with Gasteiger partial charge in [-0.25, -0.2) is 0 Å². The Labute approximate surface area is 89.5 Å². The van der Waals surface area contributed by atoms with Crippen LogP contribution in [0.3, 0.4) is 0 Å². The van der Waals surface area contributed by atoms with E-state index < -0.39 is 0 Å². The number of aliphatic hydroxyl groups excluding tert-OH is 1. The molecule has 3 heteroatoms. The Hall–Kier alpha value is -0.670. The van der Waals surface area contributed by atoms with Gasteiger partial charge in [-0.1, -0.05) is 6.07 Å². The predicted molar refractivity (Wildman–Crippen MR) is 62.7 cm³/mol. The summed E-state index contributed by atoms with van der Waals surface area (Å²) in [5.74, 6) is 0. The Morgan fingerprint density at radius 1 is 1.36 bits per heavy atom. The Morgan fingerprint density at radius 3 is 2.79 bits per heavy atom. The summed E-state index contributed by atoms with van der Waals surface area (Å²) in [5.41, 5.74) is 7.95. The van der Waals surface area contributed by atoms with Crippen LogP contribution in [0.1, 0.15) is 18.4 Å². The third-order valence-corrected chi connectivity index (χ3v) is 2.96. The summed E-state index contributed by atoms with van der Waals surface area (Å²) in [6.45, 7) is 0.282. The summed E-state index contributed by atoms with van der Waals surface area (Å²) < 4.78 is 0. The van der Waals surface area contributed by atoms with E-state index in [0.717, 1.165) is 29.8 Å². The molecular formula is C11H17NOS. The number of benzene rings is 1. The summed E-state index contributed by atoms with van der Waals surface area (Å²) in [4.78, 5) is 1.14. The maximum atomic E-state index is 8.67. The van der Waals surface area contributed by atoms with Crippen molar-refractivity contribution in [3.63, 3.8) is 0 Å². The fourth-order valence-electron chi connectivity index (χ4n) is 1.35. The lowest BCUT2D eigenvalue weighted by Gasteiger charge is -2.05. The summed E-state index contributed by atoms with van der Waals surface area (Å²) in [7, 11) is 0. The zero-order valence-electron chi connectivity index (χ0n) is 8.49. The molecule has 0 saturated carbocycles. The molecule has 1 rings (SSSR count). The van der Waals surface area contributed by atoms with E-state index in [1.807, 2.05) is 12.3 Å². The van der Waals surface area contributed by atoms with E-state index in [-0.39, 0.29) is 6.61 Å². The van der Waals surface area contributed by atoms with Gasteiger partial charge in [-0.2, -0.15) is 0 Å². The first-order valence-corrected chi connectivity index (χ1v) is 6.03. The molecule has 0 unspecified atom stereocenters. The van der Waals surface area contributed by atoms with Crippen molar-refractivity contribution in [3.05, 3.63) is 23.8 Å². The Kier molecular flexibility index (Phi) is 4.84. The van der Waals surface area contributed by atoms with Crippen LogP contribution < -0.4 is 5.73 Å². The van der Waals surface area contributed by atoms with E-state index in [1.165, 1.54) is 5.56 Å². The van der Waals surface area contributed by atoms with Crippen LogP contribution in [0.5, 0.6) is 0 Å². The molecule has 0 radical (unpaired) electrons. The topological polar surface area (TPSA) is 46.2 Å². The van der Waals surface area contributed by atoms with Gasteiger partial charge in [0.2, 0.25) is 0 Å². The molecule has 0 aromatic heterocycles. The quantitative estimate of drug-likeness (QED) is 0.446. The molecule has 3 N–H and O–H groups in total. The summed E-state index contributed by atoms with van der Waals surface area (Å²) in [5, 5.41) is 8.67. The summed E-state index contributed by atoms with van der Waals surface area (Å²) >= 11 is 1.67. The first kappa shape index (κ1) is 11.4. The average molecular weight is 211 g/mol. The van der Waals surface area contributed by atoms with Gasteiger partial charge in [0.05, 0.1) is 0 Å². The number of nitrogen functional groups attached to an aromatic ring is 1. The molecule has 2 nitrogen and oxygen atoms in total. The summed E-state index contributed by atoms with van der Waals surface area (Å²) in [6, 6.07) is 6.16. The molecular weight excluding hydrogens is 194 g/mol. The van der Waals surface area contributed by atoms with Crippen LogP contribution in [-0.4, -0.2) is 18.0 Å². The van der Waals surface area contributed by atoms with E-state index in [1.54, 1.807) is 11.8 Å². The monoisotopic (exact) mass is 211 g/mol. The predicted octanol–water partition coefficient (Wildman–Crippen LogP) is 2.31. The molecule has 14 heavy (non-hydrogen) atoms. The second-order valence-electron chi connectivity index (χ2n) is 3.26. The number of hydrogen-bond donors (Lipinski definition) is 2. The maximum Gasteiger partial charge on any atom is 0.0452 e. The molecule has 0 saturated heterocycles. The zero-order chi connectivity index (χ0) is 10.4. The van der Waals surface area contributed by atoms with E-state index >= 15 is 0 Å². The van der Waals surface area contributed by atoms with Crippen molar-refractivity contribution in [2.75, 3.05) is 18.6 Å². The fraction of sp³-hybridized carbons (Fsp3) is 0.455. The molecule has 1 aromatic rings. The number of nitrogens with two attached hydrogens (primary N) is 1. The summed E-state index contributed by atoms with van der Waals surface area (Å²) in [6.07, 6.45) is 4.96. The van der Waals surface area contributed by atoms with Crippen molar-refractivity contribution in [1.82, 2.24) is 0 Å². The van der Waals surface area contributed by atoms with Gasteiger partial charge in [0.1, 0.15) is 0 Å². The van der Waals surface area contributed by atoms with E-state index in [4.69, 9.17) is 10.8 Å². The average Bonchev–Trinajstić information content (AvgIpc) is 2.21. The first-order valence-electron chi connectivity index (χ1n) is 4.81. The second kappa shape index (κ2) is 5.94. The molecule has 0 fully saturated rings. The normalized spacial score (nSPS) is 10.4. The van der Waals surface area contributed by atoms with Crippen LogP contribution in [0.4, 0.5) is 5.69 Å². The minimum Gasteiger partial charge on any atom is -0.398 e. The number of hydrogen-bond acceptors (Lipinski definition) is 3. The lowest BCUT2D eigenvalue weighted by Crippen LogP contribution is -1.92. The van der Waals surface area contributed by atoms with E-state index in [9.17, 15) is 0 Å². The number of aliphatic hydroxyl groups is 1. The molecule has 0 aliphatic heterocycles. The number of anilines is 1. The third kappa shape index (κ3) is 3.24. The van der Waals surface area contributed by atoms with Crippen molar-refractivity contribution in [3.8, 4) is 0 Å². The Bertz CT molecular complexity index is 289. The van der Waals surface area contributed by atoms with Gasteiger partial charge in [-0.3, -0.25) is 0 Å². The Morgan fingerprint density at radius 2 is 2.14 bits per heavy atom. The van der Waals surface area contributed by atoms with Crippen LogP contribution in [0, 0.1) is 0 Å². The molecule has 0 atom stereocenters. The van der Waals surface area contributed by atoms with Crippen molar-refractivity contribution in [1.29, 1.82) is 0 Å². The molecule has 78 valence electrons. The molecule has 1 aromatic carbocycles. The number of rotatable bonds is 5. The largest absolute Gasteiger partial charge is 0.398 e. The third-order valence-electron chi connectivity index (χ3n) is 2.17. The van der Waals surface area contributed by atoms with E-state index in [0.29, 0.717) is 0 Å². The number of unbranched alkanes of at least 4 members (excludes halogenated alkanes) is 1. The molecule has 0 heterocycles. The van der Waals surface area contributed by atoms with Crippen molar-refractivity contribution >= 4 is 17.4 Å². The van der Waals surface area contributed by atoms with E-state index in [2.05, 4.69) is 12.1 Å². The Balaban J connectivity index is 2.60. The standard InChI is InChI=1S/C11H17NOS/c1-14-11-8-9(4-2-3-7-13)5-6-10(11)12/h5-6,8,13H,2-4,7,12H2,1H3. The van der Waals surface area contributed by atoms with Crippen molar-refractivity contribution < 1.29 is 5.11 Å². The van der Waals surface area contributed by atoms with Gasteiger partial charge in [0, 0.05) is 17.2 Å². The highest BCUT2D eigenvalue weighted by Gasteiger charge is 1.99. The fourth-order valence-corrected chi connectivity index (χ4v) is 1.92. The smallest absolute Gasteiger partial charge is 0.0452 e. The van der Waals surface area contributed by atoms with Crippen LogP contribution in [0.2, 0.25) is 0 Å². The van der Waals surface area contributed by atoms with Gasteiger partial charge >= 0.3 is 0 Å². The zero-order valence-corrected chi connectivity index (χ0v) is 9.31. The van der Waals surface area contributed by atoms with Crippen LogP contribution in [-0.2, 0) is 6.42 Å². The van der Waals surface area contributed by atoms with Gasteiger partial charge in [0.15, 0.2) is 0 Å². The SMILES string of the molecule is CSc1cc(CCCCO)ccc1N. The number of aryl methyl sites for hydroxylation is 1. The van der Waals surface area contributed by atoms with Crippen molar-refractivity contribution in [2.45, 2.75) is 24.2 Å². The van der Waals surface area contributed by atoms with Crippen LogP contribution >= 0.6 is 11.8 Å².